The number of rotatable bonds is 6. The van der Waals surface area contributed by atoms with Crippen molar-refractivity contribution in [1.29, 1.82) is 0 Å². The van der Waals surface area contributed by atoms with E-state index in [1.165, 1.54) is 0 Å². The molecule has 0 amide bonds. The van der Waals surface area contributed by atoms with E-state index in [4.69, 9.17) is 14.9 Å². The normalized spacial score (nSPS) is 10.6. The van der Waals surface area contributed by atoms with E-state index in [0.717, 1.165) is 35.7 Å². The van der Waals surface area contributed by atoms with Gasteiger partial charge in [0.1, 0.15) is 23.9 Å². The summed E-state index contributed by atoms with van der Waals surface area (Å²) in [6.45, 7) is 3.19. The Balaban J connectivity index is 1.90. The summed E-state index contributed by atoms with van der Waals surface area (Å²) in [7, 11) is 0. The first-order valence-corrected chi connectivity index (χ1v) is 6.25. The number of ether oxygens (including phenoxy) is 1. The molecule has 0 saturated carbocycles. The summed E-state index contributed by atoms with van der Waals surface area (Å²) in [5.41, 5.74) is 6.60. The van der Waals surface area contributed by atoms with Gasteiger partial charge in [0.25, 0.3) is 0 Å². The first kappa shape index (κ1) is 12.7. The van der Waals surface area contributed by atoms with Crippen molar-refractivity contribution in [1.82, 2.24) is 0 Å². The molecule has 3 nitrogen and oxygen atoms in total. The molecule has 96 valence electrons. The predicted molar refractivity (Wildman–Crippen MR) is 71.6 cm³/mol. The van der Waals surface area contributed by atoms with Crippen molar-refractivity contribution in [2.75, 3.05) is 6.54 Å². The Bertz CT molecular complexity index is 491. The summed E-state index contributed by atoms with van der Waals surface area (Å²) < 4.78 is 11.4. The van der Waals surface area contributed by atoms with Gasteiger partial charge >= 0.3 is 0 Å². The van der Waals surface area contributed by atoms with Crippen LogP contribution in [0, 0.1) is 6.92 Å². The third-order valence-corrected chi connectivity index (χ3v) is 2.81. The zero-order chi connectivity index (χ0) is 12.8. The summed E-state index contributed by atoms with van der Waals surface area (Å²) in [5.74, 6) is 2.73. The van der Waals surface area contributed by atoms with Crippen molar-refractivity contribution < 1.29 is 9.15 Å². The van der Waals surface area contributed by atoms with Crippen molar-refractivity contribution >= 4 is 0 Å². The Kier molecular flexibility index (Phi) is 4.42. The van der Waals surface area contributed by atoms with E-state index in [0.29, 0.717) is 13.2 Å². The minimum Gasteiger partial charge on any atom is -0.485 e. The van der Waals surface area contributed by atoms with Crippen LogP contribution in [-0.4, -0.2) is 6.54 Å². The van der Waals surface area contributed by atoms with Crippen molar-refractivity contribution in [2.45, 2.75) is 26.4 Å². The van der Waals surface area contributed by atoms with Gasteiger partial charge in [0, 0.05) is 6.42 Å². The third-order valence-electron chi connectivity index (χ3n) is 2.81. The minimum atomic E-state index is 0.466. The van der Waals surface area contributed by atoms with E-state index < -0.39 is 0 Å². The van der Waals surface area contributed by atoms with Gasteiger partial charge in [-0.15, -0.1) is 0 Å². The molecule has 2 aromatic rings. The fraction of sp³-hybridized carbons (Fsp3) is 0.333. The second-order valence-electron chi connectivity index (χ2n) is 4.31. The van der Waals surface area contributed by atoms with E-state index in [9.17, 15) is 0 Å². The molecule has 0 saturated heterocycles. The van der Waals surface area contributed by atoms with Crippen LogP contribution in [0.1, 0.15) is 23.5 Å². The molecule has 0 aliphatic rings. The van der Waals surface area contributed by atoms with Crippen LogP contribution in [0.15, 0.2) is 40.8 Å². The van der Waals surface area contributed by atoms with Gasteiger partial charge in [-0.05, 0) is 43.7 Å². The Morgan fingerprint density at radius 3 is 2.67 bits per heavy atom. The Hall–Kier alpha value is -1.74. The molecular formula is C15H19NO2. The van der Waals surface area contributed by atoms with Crippen molar-refractivity contribution in [2.24, 2.45) is 5.73 Å². The van der Waals surface area contributed by atoms with Crippen LogP contribution in [0.3, 0.4) is 0 Å². The molecule has 3 heteroatoms. The van der Waals surface area contributed by atoms with Crippen LogP contribution in [0.2, 0.25) is 0 Å². The van der Waals surface area contributed by atoms with Gasteiger partial charge in [0.15, 0.2) is 0 Å². The summed E-state index contributed by atoms with van der Waals surface area (Å²) in [6, 6.07) is 11.9. The van der Waals surface area contributed by atoms with E-state index in [2.05, 4.69) is 0 Å². The summed E-state index contributed by atoms with van der Waals surface area (Å²) in [4.78, 5) is 0. The molecule has 0 spiro atoms. The summed E-state index contributed by atoms with van der Waals surface area (Å²) in [5, 5.41) is 0. The largest absolute Gasteiger partial charge is 0.485 e. The fourth-order valence-corrected chi connectivity index (χ4v) is 1.78. The lowest BCUT2D eigenvalue weighted by Crippen LogP contribution is -1.99. The maximum atomic E-state index is 5.72. The number of hydrogen-bond donors (Lipinski definition) is 1. The third kappa shape index (κ3) is 3.37. The molecule has 1 aromatic heterocycles. The summed E-state index contributed by atoms with van der Waals surface area (Å²) >= 11 is 0. The van der Waals surface area contributed by atoms with Gasteiger partial charge in [-0.2, -0.15) is 0 Å². The first-order chi connectivity index (χ1) is 8.79. The molecule has 0 atom stereocenters. The Morgan fingerprint density at radius 2 is 1.89 bits per heavy atom. The standard InChI is InChI=1S/C15H19NO2/c1-12-5-2-3-7-15(12)17-11-14-9-8-13(18-14)6-4-10-16/h2-3,5,7-9H,4,6,10-11,16H2,1H3. The number of hydrogen-bond acceptors (Lipinski definition) is 3. The molecule has 2 rings (SSSR count). The lowest BCUT2D eigenvalue weighted by Gasteiger charge is -2.06. The Labute approximate surface area is 108 Å². The molecule has 2 N–H and O–H groups in total. The molecule has 18 heavy (non-hydrogen) atoms. The van der Waals surface area contributed by atoms with Gasteiger partial charge < -0.3 is 14.9 Å². The minimum absolute atomic E-state index is 0.466. The molecule has 0 aliphatic heterocycles. The number of furan rings is 1. The topological polar surface area (TPSA) is 48.4 Å². The molecule has 1 aromatic carbocycles. The van der Waals surface area contributed by atoms with Gasteiger partial charge in [0.05, 0.1) is 0 Å². The van der Waals surface area contributed by atoms with E-state index in [-0.39, 0.29) is 0 Å². The Morgan fingerprint density at radius 1 is 1.11 bits per heavy atom. The van der Waals surface area contributed by atoms with Crippen LogP contribution < -0.4 is 10.5 Å². The second-order valence-corrected chi connectivity index (χ2v) is 4.31. The van der Waals surface area contributed by atoms with Crippen molar-refractivity contribution in [3.63, 3.8) is 0 Å². The van der Waals surface area contributed by atoms with Crippen molar-refractivity contribution in [3.8, 4) is 5.75 Å². The smallest absolute Gasteiger partial charge is 0.146 e. The monoisotopic (exact) mass is 245 g/mol. The highest BCUT2D eigenvalue weighted by Gasteiger charge is 2.04. The fourth-order valence-electron chi connectivity index (χ4n) is 1.78. The highest BCUT2D eigenvalue weighted by atomic mass is 16.5. The van der Waals surface area contributed by atoms with Crippen LogP contribution in [0.25, 0.3) is 0 Å². The van der Waals surface area contributed by atoms with Crippen molar-refractivity contribution in [3.05, 3.63) is 53.5 Å². The number of para-hydroxylation sites is 1. The first-order valence-electron chi connectivity index (χ1n) is 6.25. The maximum Gasteiger partial charge on any atom is 0.146 e. The van der Waals surface area contributed by atoms with Crippen LogP contribution in [0.5, 0.6) is 5.75 Å². The lowest BCUT2D eigenvalue weighted by atomic mass is 10.2. The molecule has 1 heterocycles. The molecule has 0 aliphatic carbocycles. The quantitative estimate of drug-likeness (QED) is 0.850. The van der Waals surface area contributed by atoms with E-state index in [1.807, 2.05) is 43.3 Å². The van der Waals surface area contributed by atoms with Gasteiger partial charge in [-0.3, -0.25) is 0 Å². The molecule has 0 unspecified atom stereocenters. The zero-order valence-electron chi connectivity index (χ0n) is 10.7. The SMILES string of the molecule is Cc1ccccc1OCc1ccc(CCCN)o1. The van der Waals surface area contributed by atoms with Crippen LogP contribution in [-0.2, 0) is 13.0 Å². The zero-order valence-corrected chi connectivity index (χ0v) is 10.7. The predicted octanol–water partition coefficient (Wildman–Crippen LogP) is 3.06. The highest BCUT2D eigenvalue weighted by Crippen LogP contribution is 2.18. The number of aryl methyl sites for hydroxylation is 2. The van der Waals surface area contributed by atoms with Gasteiger partial charge in [-0.25, -0.2) is 0 Å². The van der Waals surface area contributed by atoms with Gasteiger partial charge in [0.2, 0.25) is 0 Å². The highest BCUT2D eigenvalue weighted by molar-refractivity contribution is 5.31. The second kappa shape index (κ2) is 6.26. The number of nitrogens with two attached hydrogens (primary N) is 1. The lowest BCUT2D eigenvalue weighted by molar-refractivity contribution is 0.264. The maximum absolute atomic E-state index is 5.72. The average Bonchev–Trinajstić information content (AvgIpc) is 2.83. The molecule has 0 bridgehead atoms. The molecular weight excluding hydrogens is 226 g/mol. The average molecular weight is 245 g/mol. The molecule has 0 radical (unpaired) electrons. The van der Waals surface area contributed by atoms with E-state index in [1.54, 1.807) is 0 Å². The number of benzene rings is 1. The van der Waals surface area contributed by atoms with Gasteiger partial charge in [-0.1, -0.05) is 18.2 Å². The van der Waals surface area contributed by atoms with Crippen LogP contribution in [0.4, 0.5) is 0 Å². The van der Waals surface area contributed by atoms with E-state index >= 15 is 0 Å². The van der Waals surface area contributed by atoms with Crippen LogP contribution >= 0.6 is 0 Å². The molecule has 0 fully saturated rings. The summed E-state index contributed by atoms with van der Waals surface area (Å²) in [6.07, 6.45) is 1.84.